The van der Waals surface area contributed by atoms with Gasteiger partial charge in [-0.2, -0.15) is 0 Å². The molecule has 88 heavy (non-hydrogen) atoms. The highest BCUT2D eigenvalue weighted by Crippen LogP contribution is 2.64. The normalized spacial score (nSPS) is 16.0. The highest BCUT2D eigenvalue weighted by molar-refractivity contribution is 5.97. The Morgan fingerprint density at radius 1 is 0.364 bits per heavy atom. The van der Waals surface area contributed by atoms with Crippen molar-refractivity contribution in [3.8, 4) is 77.9 Å². The van der Waals surface area contributed by atoms with Crippen molar-refractivity contribution in [2.24, 2.45) is 28.4 Å². The second-order valence-corrected chi connectivity index (χ2v) is 28.5. The van der Waals surface area contributed by atoms with Crippen LogP contribution in [-0.4, -0.2) is 6.54 Å². The van der Waals surface area contributed by atoms with E-state index in [2.05, 4.69) is 324 Å². The van der Waals surface area contributed by atoms with Crippen LogP contribution in [0.25, 0.3) is 77.9 Å². The molecule has 0 amide bonds. The van der Waals surface area contributed by atoms with Gasteiger partial charge in [0.1, 0.15) is 0 Å². The molecule has 0 fully saturated rings. The number of anilines is 3. The van der Waals surface area contributed by atoms with E-state index in [-0.39, 0.29) is 16.2 Å². The largest absolute Gasteiger partial charge is 0.330 e. The van der Waals surface area contributed by atoms with Gasteiger partial charge in [0.2, 0.25) is 0 Å². The molecule has 1 spiro atoms. The molecule has 11 aromatic rings. The van der Waals surface area contributed by atoms with Crippen molar-refractivity contribution in [2.75, 3.05) is 11.4 Å². The molecule has 11 aromatic carbocycles. The molecule has 0 radical (unpaired) electrons. The SMILES string of the molecule is Cc1cc(-c2ccc3c(c2)C2(c4ccccc4-c4ccc(-c5ccc(C(CC(C)C(C)(C)C)C(CN)C(C)(C)C)cc5)cc42)c2ccccc2-3)c(C)cc1-c1ccc(N(c2ccc(-c3ccccc3)cc2)c2ccc3c(c2)C(C)(C)c2ccccc2-3)cc1. The Bertz CT molecular complexity index is 4460. The molecule has 3 aliphatic carbocycles. The minimum Gasteiger partial charge on any atom is -0.330 e. The van der Waals surface area contributed by atoms with Crippen LogP contribution in [0, 0.1) is 36.5 Å². The molecular weight excluding hydrogens is 1060 g/mol. The van der Waals surface area contributed by atoms with Crippen molar-refractivity contribution < 1.29 is 0 Å². The van der Waals surface area contributed by atoms with Crippen LogP contribution < -0.4 is 10.6 Å². The molecule has 3 aliphatic rings. The molecule has 2 heteroatoms. The van der Waals surface area contributed by atoms with E-state index >= 15 is 0 Å². The number of hydrogen-bond acceptors (Lipinski definition) is 2. The number of nitrogens with two attached hydrogens (primary N) is 1. The molecular formula is C86H82N2. The van der Waals surface area contributed by atoms with Gasteiger partial charge in [0, 0.05) is 22.5 Å². The molecule has 0 aromatic heterocycles. The Morgan fingerprint density at radius 2 is 0.773 bits per heavy atom. The van der Waals surface area contributed by atoms with E-state index < -0.39 is 5.41 Å². The summed E-state index contributed by atoms with van der Waals surface area (Å²) in [6.45, 7) is 26.6. The van der Waals surface area contributed by atoms with Gasteiger partial charge in [-0.1, -0.05) is 256 Å². The topological polar surface area (TPSA) is 29.3 Å². The van der Waals surface area contributed by atoms with Crippen LogP contribution in [0.15, 0.2) is 243 Å². The number of fused-ring (bicyclic) bond motifs is 13. The first-order chi connectivity index (χ1) is 42.3. The summed E-state index contributed by atoms with van der Waals surface area (Å²) in [5.74, 6) is 1.27. The van der Waals surface area contributed by atoms with E-state index in [1.165, 1.54) is 128 Å². The van der Waals surface area contributed by atoms with Gasteiger partial charge in [-0.3, -0.25) is 0 Å². The maximum absolute atomic E-state index is 6.68. The van der Waals surface area contributed by atoms with Gasteiger partial charge < -0.3 is 10.6 Å². The number of nitrogens with zero attached hydrogens (tertiary/aromatic N) is 1. The zero-order valence-electron chi connectivity index (χ0n) is 53.3. The molecule has 4 unspecified atom stereocenters. The molecule has 436 valence electrons. The Balaban J connectivity index is 0.822. The molecule has 14 rings (SSSR count). The summed E-state index contributed by atoms with van der Waals surface area (Å²) < 4.78 is 0. The van der Waals surface area contributed by atoms with Crippen molar-refractivity contribution in [2.45, 2.75) is 99.3 Å². The summed E-state index contributed by atoms with van der Waals surface area (Å²) in [5, 5.41) is 0. The van der Waals surface area contributed by atoms with Crippen molar-refractivity contribution in [1.29, 1.82) is 0 Å². The fourth-order valence-electron chi connectivity index (χ4n) is 15.7. The molecule has 2 nitrogen and oxygen atoms in total. The maximum Gasteiger partial charge on any atom is 0.0725 e. The second kappa shape index (κ2) is 21.5. The van der Waals surface area contributed by atoms with Crippen LogP contribution in [-0.2, 0) is 10.8 Å². The highest BCUT2D eigenvalue weighted by Gasteiger charge is 2.52. The van der Waals surface area contributed by atoms with E-state index in [1.54, 1.807) is 0 Å². The Labute approximate surface area is 523 Å². The lowest BCUT2D eigenvalue weighted by molar-refractivity contribution is 0.156. The highest BCUT2D eigenvalue weighted by atomic mass is 15.1. The van der Waals surface area contributed by atoms with Crippen molar-refractivity contribution >= 4 is 17.1 Å². The number of aryl methyl sites for hydroxylation is 2. The predicted octanol–water partition coefficient (Wildman–Crippen LogP) is 22.9. The van der Waals surface area contributed by atoms with Gasteiger partial charge in [0.25, 0.3) is 0 Å². The first-order valence-electron chi connectivity index (χ1n) is 32.1. The summed E-state index contributed by atoms with van der Waals surface area (Å²) >= 11 is 0. The van der Waals surface area contributed by atoms with Gasteiger partial charge in [-0.15, -0.1) is 0 Å². The lowest BCUT2D eigenvalue weighted by Crippen LogP contribution is -2.35. The fraction of sp³-hybridized carbons (Fsp3) is 0.233. The summed E-state index contributed by atoms with van der Waals surface area (Å²) in [7, 11) is 0. The molecule has 0 saturated heterocycles. The van der Waals surface area contributed by atoms with E-state index in [1.807, 2.05) is 0 Å². The van der Waals surface area contributed by atoms with Crippen molar-refractivity contribution in [3.05, 3.63) is 293 Å². The minimum atomic E-state index is -0.498. The Kier molecular flexibility index (Phi) is 13.9. The zero-order valence-corrected chi connectivity index (χ0v) is 53.3. The summed E-state index contributed by atoms with van der Waals surface area (Å²) in [6.07, 6.45) is 1.11. The lowest BCUT2D eigenvalue weighted by Gasteiger charge is -2.40. The molecule has 0 bridgehead atoms. The molecule has 2 N–H and O–H groups in total. The molecule has 0 heterocycles. The minimum absolute atomic E-state index is 0.0838. The zero-order chi connectivity index (χ0) is 61.0. The van der Waals surface area contributed by atoms with Gasteiger partial charge in [-0.25, -0.2) is 0 Å². The van der Waals surface area contributed by atoms with Gasteiger partial charge in [0.05, 0.1) is 5.41 Å². The standard InChI is InChI=1S/C86H82N2/c1-54-48-74(55(2)47-73(54)60-35-41-65(42-36-60)88(64-39-33-58(34-40-64)57-21-13-12-14-22-57)66-43-46-70-67-23-15-18-26-76(67)85(10,11)79(70)52-66)63-38-45-72-69-25-17-20-28-78(69)86(81(72)51-63)77-27-19-16-24-68(77)71-44-37-62(50-80(71)86)59-29-31-61(32-30-59)75(49-56(3)83(4,5)6)82(53-87)84(7,8)9/h12-48,50-52,56,75,82H,49,53,87H2,1-11H3. The third-order valence-corrected chi connectivity index (χ3v) is 21.1. The van der Waals surface area contributed by atoms with E-state index in [0.717, 1.165) is 23.5 Å². The second-order valence-electron chi connectivity index (χ2n) is 28.5. The molecule has 0 saturated carbocycles. The number of hydrogen-bond donors (Lipinski definition) is 1. The lowest BCUT2D eigenvalue weighted by atomic mass is 9.65. The third-order valence-electron chi connectivity index (χ3n) is 21.1. The number of benzene rings is 11. The van der Waals surface area contributed by atoms with E-state index in [0.29, 0.717) is 24.3 Å². The fourth-order valence-corrected chi connectivity index (χ4v) is 15.7. The van der Waals surface area contributed by atoms with Crippen LogP contribution >= 0.6 is 0 Å². The molecule has 0 aliphatic heterocycles. The van der Waals surface area contributed by atoms with Crippen LogP contribution in [0.3, 0.4) is 0 Å². The van der Waals surface area contributed by atoms with Crippen LogP contribution in [0.1, 0.15) is 125 Å². The van der Waals surface area contributed by atoms with Crippen molar-refractivity contribution in [1.82, 2.24) is 0 Å². The average molecular weight is 1140 g/mol. The monoisotopic (exact) mass is 1140 g/mol. The smallest absolute Gasteiger partial charge is 0.0725 e. The van der Waals surface area contributed by atoms with E-state index in [4.69, 9.17) is 5.73 Å². The Hall–Kier alpha value is -8.82. The Morgan fingerprint density at radius 3 is 1.33 bits per heavy atom. The van der Waals surface area contributed by atoms with Crippen molar-refractivity contribution in [3.63, 3.8) is 0 Å². The maximum atomic E-state index is 6.68. The van der Waals surface area contributed by atoms with E-state index in [9.17, 15) is 0 Å². The third kappa shape index (κ3) is 9.32. The van der Waals surface area contributed by atoms with Gasteiger partial charge in [-0.05, 0) is 232 Å². The summed E-state index contributed by atoms with van der Waals surface area (Å²) in [6, 6.07) is 92.4. The van der Waals surface area contributed by atoms with Gasteiger partial charge in [0.15, 0.2) is 0 Å². The summed E-state index contributed by atoms with van der Waals surface area (Å²) in [5.41, 5.74) is 39.5. The molecule has 4 atom stereocenters. The quantitative estimate of drug-likeness (QED) is 0.132. The average Bonchev–Trinajstić information content (AvgIpc) is 1.56. The number of rotatable bonds is 12. The first-order valence-corrected chi connectivity index (χ1v) is 32.1. The predicted molar refractivity (Wildman–Crippen MR) is 374 cm³/mol. The van der Waals surface area contributed by atoms with Crippen LogP contribution in [0.2, 0.25) is 0 Å². The van der Waals surface area contributed by atoms with Gasteiger partial charge >= 0.3 is 0 Å². The van der Waals surface area contributed by atoms with Crippen LogP contribution in [0.4, 0.5) is 17.1 Å². The van der Waals surface area contributed by atoms with Crippen LogP contribution in [0.5, 0.6) is 0 Å². The first kappa shape index (κ1) is 57.0. The summed E-state index contributed by atoms with van der Waals surface area (Å²) in [4.78, 5) is 2.42.